The number of fused-ring (bicyclic) bond motifs is 1. The first-order valence-corrected chi connectivity index (χ1v) is 10.8. The average Bonchev–Trinajstić information content (AvgIpc) is 3.25. The third-order valence-corrected chi connectivity index (χ3v) is 5.72. The Kier molecular flexibility index (Phi) is 6.05. The number of hydrogen-bond acceptors (Lipinski definition) is 5. The fourth-order valence-electron chi connectivity index (χ4n) is 3.15. The number of aryl methyl sites for hydroxylation is 2. The van der Waals surface area contributed by atoms with Crippen LogP contribution in [0, 0.1) is 6.92 Å². The molecular formula is C22H23N5OS. The molecule has 0 N–H and O–H groups in total. The van der Waals surface area contributed by atoms with Crippen LogP contribution in [-0.2, 0) is 6.54 Å². The molecule has 0 amide bonds. The van der Waals surface area contributed by atoms with Gasteiger partial charge < -0.3 is 0 Å². The Bertz CT molecular complexity index is 1140. The number of unbranched alkanes of at least 4 members (excludes halogenated alkanes) is 2. The topological polar surface area (TPSA) is 65.6 Å². The highest BCUT2D eigenvalue weighted by molar-refractivity contribution is 7.99. The predicted molar refractivity (Wildman–Crippen MR) is 117 cm³/mol. The number of pyridine rings is 1. The summed E-state index contributed by atoms with van der Waals surface area (Å²) in [6.45, 7) is 2.92. The van der Waals surface area contributed by atoms with Crippen molar-refractivity contribution in [2.75, 3.05) is 5.75 Å². The maximum absolute atomic E-state index is 13.2. The number of benzene rings is 1. The largest absolute Gasteiger partial charge is 0.273 e. The van der Waals surface area contributed by atoms with E-state index in [0.717, 1.165) is 42.6 Å². The molecule has 0 saturated carbocycles. The quantitative estimate of drug-likeness (QED) is 0.249. The fraction of sp³-hybridized carbons (Fsp3) is 0.273. The maximum atomic E-state index is 13.2. The lowest BCUT2D eigenvalue weighted by Gasteiger charge is -2.12. The van der Waals surface area contributed by atoms with Crippen molar-refractivity contribution in [2.24, 2.45) is 0 Å². The molecule has 4 rings (SSSR count). The van der Waals surface area contributed by atoms with Crippen LogP contribution in [0.3, 0.4) is 0 Å². The lowest BCUT2D eigenvalue weighted by atomic mass is 10.2. The van der Waals surface area contributed by atoms with Gasteiger partial charge in [0.25, 0.3) is 5.56 Å². The zero-order valence-corrected chi connectivity index (χ0v) is 17.2. The second kappa shape index (κ2) is 9.05. The first-order chi connectivity index (χ1) is 14.2. The highest BCUT2D eigenvalue weighted by atomic mass is 32.2. The van der Waals surface area contributed by atoms with Gasteiger partial charge in [-0.3, -0.25) is 9.48 Å². The van der Waals surface area contributed by atoms with Gasteiger partial charge in [-0.05, 0) is 49.6 Å². The summed E-state index contributed by atoms with van der Waals surface area (Å²) in [5.74, 6) is 1.51. The Morgan fingerprint density at radius 3 is 2.72 bits per heavy atom. The lowest BCUT2D eigenvalue weighted by molar-refractivity contribution is 0.554. The summed E-state index contributed by atoms with van der Waals surface area (Å²) >= 11 is 1.61. The SMILES string of the molecule is Cc1ccc(-n2c(SCCCCCn3cccn3)nc3ccccc3c2=O)nc1. The Labute approximate surface area is 173 Å². The van der Waals surface area contributed by atoms with Crippen molar-refractivity contribution >= 4 is 22.7 Å². The van der Waals surface area contributed by atoms with Gasteiger partial charge >= 0.3 is 0 Å². The van der Waals surface area contributed by atoms with Crippen molar-refractivity contribution < 1.29 is 0 Å². The average molecular weight is 406 g/mol. The van der Waals surface area contributed by atoms with Gasteiger partial charge in [-0.25, -0.2) is 14.5 Å². The molecule has 0 radical (unpaired) electrons. The molecular weight excluding hydrogens is 382 g/mol. The van der Waals surface area contributed by atoms with Gasteiger partial charge in [0.2, 0.25) is 0 Å². The second-order valence-electron chi connectivity index (χ2n) is 6.92. The maximum Gasteiger partial charge on any atom is 0.267 e. The van der Waals surface area contributed by atoms with Crippen LogP contribution in [0.4, 0.5) is 0 Å². The van der Waals surface area contributed by atoms with E-state index in [0.29, 0.717) is 16.4 Å². The minimum atomic E-state index is -0.0758. The second-order valence-corrected chi connectivity index (χ2v) is 7.99. The normalized spacial score (nSPS) is 11.2. The van der Waals surface area contributed by atoms with Crippen molar-refractivity contribution in [3.05, 3.63) is 77.0 Å². The third kappa shape index (κ3) is 4.56. The van der Waals surface area contributed by atoms with E-state index >= 15 is 0 Å². The molecule has 7 heteroatoms. The van der Waals surface area contributed by atoms with E-state index in [1.165, 1.54) is 0 Å². The summed E-state index contributed by atoms with van der Waals surface area (Å²) in [4.78, 5) is 22.4. The molecule has 0 aliphatic carbocycles. The number of aromatic nitrogens is 5. The van der Waals surface area contributed by atoms with Crippen LogP contribution < -0.4 is 5.56 Å². The van der Waals surface area contributed by atoms with E-state index in [4.69, 9.17) is 4.98 Å². The van der Waals surface area contributed by atoms with E-state index in [1.807, 2.05) is 60.3 Å². The van der Waals surface area contributed by atoms with Crippen LogP contribution in [-0.4, -0.2) is 30.1 Å². The molecule has 0 bridgehead atoms. The Morgan fingerprint density at radius 1 is 1.03 bits per heavy atom. The zero-order chi connectivity index (χ0) is 20.1. The monoisotopic (exact) mass is 405 g/mol. The Morgan fingerprint density at radius 2 is 1.93 bits per heavy atom. The molecule has 0 aliphatic rings. The van der Waals surface area contributed by atoms with Gasteiger partial charge in [0.1, 0.15) is 5.82 Å². The summed E-state index contributed by atoms with van der Waals surface area (Å²) in [5, 5.41) is 5.53. The van der Waals surface area contributed by atoms with Crippen LogP contribution >= 0.6 is 11.8 Å². The third-order valence-electron chi connectivity index (χ3n) is 4.69. The molecule has 4 aromatic rings. The van der Waals surface area contributed by atoms with Crippen LogP contribution in [0.1, 0.15) is 24.8 Å². The van der Waals surface area contributed by atoms with Crippen molar-refractivity contribution in [2.45, 2.75) is 37.9 Å². The summed E-state index contributed by atoms with van der Waals surface area (Å²) in [7, 11) is 0. The highest BCUT2D eigenvalue weighted by Crippen LogP contribution is 2.22. The molecule has 0 fully saturated rings. The van der Waals surface area contributed by atoms with E-state index in [2.05, 4.69) is 10.1 Å². The van der Waals surface area contributed by atoms with Gasteiger partial charge in [-0.1, -0.05) is 36.4 Å². The molecule has 29 heavy (non-hydrogen) atoms. The molecule has 148 valence electrons. The number of rotatable bonds is 8. The van der Waals surface area contributed by atoms with Crippen molar-refractivity contribution in [3.63, 3.8) is 0 Å². The fourth-order valence-corrected chi connectivity index (χ4v) is 4.15. The van der Waals surface area contributed by atoms with Crippen LogP contribution in [0.25, 0.3) is 16.7 Å². The highest BCUT2D eigenvalue weighted by Gasteiger charge is 2.13. The van der Waals surface area contributed by atoms with Crippen molar-refractivity contribution in [1.29, 1.82) is 0 Å². The number of thioether (sulfide) groups is 1. The molecule has 0 atom stereocenters. The first-order valence-electron chi connectivity index (χ1n) is 9.77. The summed E-state index contributed by atoms with van der Waals surface area (Å²) in [6, 6.07) is 13.3. The van der Waals surface area contributed by atoms with E-state index < -0.39 is 0 Å². The number of para-hydroxylation sites is 1. The lowest BCUT2D eigenvalue weighted by Crippen LogP contribution is -2.22. The molecule has 0 saturated heterocycles. The summed E-state index contributed by atoms with van der Waals surface area (Å²) < 4.78 is 3.59. The Balaban J connectivity index is 1.51. The molecule has 0 spiro atoms. The van der Waals surface area contributed by atoms with Crippen LogP contribution in [0.2, 0.25) is 0 Å². The van der Waals surface area contributed by atoms with Crippen LogP contribution in [0.15, 0.2) is 71.0 Å². The summed E-state index contributed by atoms with van der Waals surface area (Å²) in [5.41, 5.74) is 1.71. The van der Waals surface area contributed by atoms with Gasteiger partial charge in [0, 0.05) is 30.9 Å². The van der Waals surface area contributed by atoms with Crippen LogP contribution in [0.5, 0.6) is 0 Å². The minimum absolute atomic E-state index is 0.0758. The van der Waals surface area contributed by atoms with Gasteiger partial charge in [-0.2, -0.15) is 5.10 Å². The smallest absolute Gasteiger partial charge is 0.267 e. The first kappa shape index (κ1) is 19.4. The molecule has 0 aliphatic heterocycles. The standard InChI is InChI=1S/C22H23N5OS/c1-17-10-11-20(23-16-17)27-21(28)18-8-3-4-9-19(18)25-22(27)29-15-6-2-5-13-26-14-7-12-24-26/h3-4,7-12,14,16H,2,5-6,13,15H2,1H3. The zero-order valence-electron chi connectivity index (χ0n) is 16.4. The van der Waals surface area contributed by atoms with E-state index in [1.54, 1.807) is 28.7 Å². The van der Waals surface area contributed by atoms with Gasteiger partial charge in [0.05, 0.1) is 10.9 Å². The van der Waals surface area contributed by atoms with E-state index in [-0.39, 0.29) is 5.56 Å². The summed E-state index contributed by atoms with van der Waals surface area (Å²) in [6.07, 6.45) is 8.81. The predicted octanol–water partition coefficient (Wildman–Crippen LogP) is 4.25. The number of hydrogen-bond donors (Lipinski definition) is 0. The number of nitrogens with zero attached hydrogens (tertiary/aromatic N) is 5. The Hall–Kier alpha value is -2.93. The molecule has 0 unspecified atom stereocenters. The molecule has 1 aromatic carbocycles. The molecule has 3 aromatic heterocycles. The minimum Gasteiger partial charge on any atom is -0.273 e. The molecule has 6 nitrogen and oxygen atoms in total. The molecule has 3 heterocycles. The van der Waals surface area contributed by atoms with Gasteiger partial charge in [0.15, 0.2) is 5.16 Å². The van der Waals surface area contributed by atoms with E-state index in [9.17, 15) is 4.79 Å². The van der Waals surface area contributed by atoms with Crippen molar-refractivity contribution in [3.8, 4) is 5.82 Å². The van der Waals surface area contributed by atoms with Gasteiger partial charge in [-0.15, -0.1) is 0 Å². The van der Waals surface area contributed by atoms with Crippen molar-refractivity contribution in [1.82, 2.24) is 24.3 Å².